The van der Waals surface area contributed by atoms with Gasteiger partial charge in [-0.2, -0.15) is 23.5 Å². The van der Waals surface area contributed by atoms with Crippen molar-refractivity contribution >= 4 is 11.6 Å². The van der Waals surface area contributed by atoms with Crippen molar-refractivity contribution in [1.29, 1.82) is 5.26 Å². The molecule has 5 nitrogen and oxygen atoms in total. The van der Waals surface area contributed by atoms with Gasteiger partial charge in [0.2, 0.25) is 0 Å². The minimum Gasteiger partial charge on any atom is -0.390 e. The molecule has 0 spiro atoms. The van der Waals surface area contributed by atoms with E-state index in [1.54, 1.807) is 6.07 Å². The second-order valence-electron chi connectivity index (χ2n) is 3.73. The van der Waals surface area contributed by atoms with E-state index in [0.717, 1.165) is 10.7 Å². The topological polar surface area (TPSA) is 74.7 Å². The van der Waals surface area contributed by atoms with Crippen LogP contribution >= 0.6 is 11.6 Å². The molecule has 0 amide bonds. The Morgan fingerprint density at radius 3 is 2.60 bits per heavy atom. The highest BCUT2D eigenvalue weighted by molar-refractivity contribution is 6.32. The van der Waals surface area contributed by atoms with Crippen LogP contribution in [0.25, 0.3) is 5.82 Å². The van der Waals surface area contributed by atoms with Gasteiger partial charge in [-0.3, -0.25) is 0 Å². The molecule has 1 N–H and O–H groups in total. The lowest BCUT2D eigenvalue weighted by Gasteiger charge is -2.08. The molecule has 0 radical (unpaired) electrons. The van der Waals surface area contributed by atoms with Gasteiger partial charge in [0, 0.05) is 6.20 Å². The molecule has 0 aliphatic rings. The first-order chi connectivity index (χ1) is 9.36. The third kappa shape index (κ3) is 2.59. The summed E-state index contributed by atoms with van der Waals surface area (Å²) in [6.45, 7) is -0.478. The van der Waals surface area contributed by atoms with Crippen molar-refractivity contribution in [2.45, 2.75) is 12.8 Å². The minimum atomic E-state index is -4.55. The van der Waals surface area contributed by atoms with Gasteiger partial charge in [-0.25, -0.2) is 9.67 Å². The van der Waals surface area contributed by atoms with Crippen molar-refractivity contribution in [2.24, 2.45) is 0 Å². The predicted octanol–water partition coefficient (Wildman–Crippen LogP) is 2.30. The van der Waals surface area contributed by atoms with E-state index in [-0.39, 0.29) is 22.1 Å². The number of nitrogens with zero attached hydrogens (tertiary/aromatic N) is 4. The van der Waals surface area contributed by atoms with Crippen LogP contribution in [0.5, 0.6) is 0 Å². The van der Waals surface area contributed by atoms with E-state index in [1.807, 2.05) is 0 Å². The number of alkyl halides is 3. The van der Waals surface area contributed by atoms with Crippen molar-refractivity contribution in [2.75, 3.05) is 0 Å². The zero-order chi connectivity index (χ0) is 14.9. The van der Waals surface area contributed by atoms with Crippen LogP contribution in [-0.2, 0) is 12.8 Å². The molecular weight excluding hydrogens is 297 g/mol. The Kier molecular flexibility index (Phi) is 3.65. The third-order valence-corrected chi connectivity index (χ3v) is 2.71. The van der Waals surface area contributed by atoms with Crippen LogP contribution in [0.15, 0.2) is 18.5 Å². The zero-order valence-electron chi connectivity index (χ0n) is 9.69. The molecule has 0 atom stereocenters. The molecule has 0 fully saturated rings. The van der Waals surface area contributed by atoms with Crippen molar-refractivity contribution in [3.05, 3.63) is 40.3 Å². The lowest BCUT2D eigenvalue weighted by atomic mass is 10.3. The molecule has 20 heavy (non-hydrogen) atoms. The summed E-state index contributed by atoms with van der Waals surface area (Å²) in [5, 5.41) is 21.4. The highest BCUT2D eigenvalue weighted by Gasteiger charge is 2.31. The van der Waals surface area contributed by atoms with Gasteiger partial charge < -0.3 is 5.11 Å². The largest absolute Gasteiger partial charge is 0.417 e. The summed E-state index contributed by atoms with van der Waals surface area (Å²) in [6, 6.07) is 2.52. The van der Waals surface area contributed by atoms with Crippen LogP contribution in [0.1, 0.15) is 16.8 Å². The number of aliphatic hydroxyl groups excluding tert-OH is 1. The fraction of sp³-hybridized carbons (Fsp3) is 0.182. The smallest absolute Gasteiger partial charge is 0.390 e. The van der Waals surface area contributed by atoms with Crippen molar-refractivity contribution in [3.63, 3.8) is 0 Å². The quantitative estimate of drug-likeness (QED) is 0.923. The second-order valence-corrected chi connectivity index (χ2v) is 4.14. The average molecular weight is 303 g/mol. The molecule has 0 saturated heterocycles. The van der Waals surface area contributed by atoms with Gasteiger partial charge in [0.25, 0.3) is 0 Å². The van der Waals surface area contributed by atoms with Crippen LogP contribution in [-0.4, -0.2) is 19.9 Å². The molecule has 0 bridgehead atoms. The van der Waals surface area contributed by atoms with Crippen molar-refractivity contribution in [3.8, 4) is 11.9 Å². The monoisotopic (exact) mass is 302 g/mol. The van der Waals surface area contributed by atoms with E-state index in [4.69, 9.17) is 22.0 Å². The Hall–Kier alpha value is -2.11. The van der Waals surface area contributed by atoms with Gasteiger partial charge in [-0.15, -0.1) is 0 Å². The number of halogens is 4. The first-order valence-electron chi connectivity index (χ1n) is 5.19. The Balaban J connectivity index is 2.49. The van der Waals surface area contributed by atoms with Crippen LogP contribution in [0.2, 0.25) is 5.02 Å². The summed E-state index contributed by atoms with van der Waals surface area (Å²) in [4.78, 5) is 3.60. The van der Waals surface area contributed by atoms with Gasteiger partial charge in [-0.05, 0) is 6.07 Å². The molecule has 0 aliphatic heterocycles. The van der Waals surface area contributed by atoms with Crippen molar-refractivity contribution in [1.82, 2.24) is 14.8 Å². The Bertz CT molecular complexity index is 690. The molecule has 0 unspecified atom stereocenters. The number of hydrogen-bond donors (Lipinski definition) is 1. The molecular formula is C11H6ClF3N4O. The third-order valence-electron chi connectivity index (χ3n) is 2.43. The normalized spacial score (nSPS) is 11.4. The van der Waals surface area contributed by atoms with E-state index in [9.17, 15) is 13.2 Å². The first-order valence-corrected chi connectivity index (χ1v) is 5.57. The molecule has 2 aromatic heterocycles. The van der Waals surface area contributed by atoms with Gasteiger partial charge in [0.05, 0.1) is 29.0 Å². The maximum Gasteiger partial charge on any atom is 0.417 e. The number of aliphatic hydroxyl groups is 1. The maximum absolute atomic E-state index is 12.5. The minimum absolute atomic E-state index is 0.0594. The average Bonchev–Trinajstić information content (AvgIpc) is 2.80. The Morgan fingerprint density at radius 1 is 1.45 bits per heavy atom. The van der Waals surface area contributed by atoms with E-state index in [2.05, 4.69) is 10.1 Å². The van der Waals surface area contributed by atoms with Crippen LogP contribution in [0, 0.1) is 11.3 Å². The summed E-state index contributed by atoms with van der Waals surface area (Å²) >= 11 is 5.75. The van der Waals surface area contributed by atoms with E-state index >= 15 is 0 Å². The SMILES string of the molecule is N#Cc1cn(-c2ncc(C(F)(F)F)cc2Cl)nc1CO. The fourth-order valence-corrected chi connectivity index (χ4v) is 1.74. The molecule has 2 heterocycles. The number of nitriles is 1. The lowest BCUT2D eigenvalue weighted by Crippen LogP contribution is -2.08. The number of aromatic nitrogens is 3. The van der Waals surface area contributed by atoms with E-state index in [0.29, 0.717) is 6.20 Å². The van der Waals surface area contributed by atoms with Gasteiger partial charge in [-0.1, -0.05) is 11.6 Å². The number of pyridine rings is 1. The molecule has 9 heteroatoms. The van der Waals surface area contributed by atoms with Crippen molar-refractivity contribution < 1.29 is 18.3 Å². The van der Waals surface area contributed by atoms with Crippen LogP contribution in [0.4, 0.5) is 13.2 Å². The van der Waals surface area contributed by atoms with Gasteiger partial charge in [0.15, 0.2) is 5.82 Å². The summed E-state index contributed by atoms with van der Waals surface area (Å²) < 4.78 is 38.5. The fourth-order valence-electron chi connectivity index (χ4n) is 1.48. The molecule has 2 aromatic rings. The summed E-state index contributed by atoms with van der Waals surface area (Å²) in [7, 11) is 0. The first kappa shape index (κ1) is 14.3. The van der Waals surface area contributed by atoms with Gasteiger partial charge in [0.1, 0.15) is 11.8 Å². The van der Waals surface area contributed by atoms with Crippen LogP contribution in [0.3, 0.4) is 0 Å². The zero-order valence-corrected chi connectivity index (χ0v) is 10.4. The predicted molar refractivity (Wildman–Crippen MR) is 62.0 cm³/mol. The number of hydrogen-bond acceptors (Lipinski definition) is 4. The molecule has 104 valence electrons. The highest BCUT2D eigenvalue weighted by atomic mass is 35.5. The lowest BCUT2D eigenvalue weighted by molar-refractivity contribution is -0.137. The van der Waals surface area contributed by atoms with E-state index < -0.39 is 18.3 Å². The Morgan fingerprint density at radius 2 is 2.15 bits per heavy atom. The standard InChI is InChI=1S/C11H6ClF3N4O/c12-8-1-7(11(13,14)15)3-17-10(8)19-4-6(2-16)9(5-20)18-19/h1,3-4,20H,5H2. The summed E-state index contributed by atoms with van der Waals surface area (Å²) in [5.74, 6) is -0.0594. The molecule has 2 rings (SSSR count). The number of rotatable bonds is 2. The highest BCUT2D eigenvalue weighted by Crippen LogP contribution is 2.31. The molecule has 0 aromatic carbocycles. The summed E-state index contributed by atoms with van der Waals surface area (Å²) in [6.07, 6.45) is -2.70. The van der Waals surface area contributed by atoms with Gasteiger partial charge >= 0.3 is 6.18 Å². The summed E-state index contributed by atoms with van der Waals surface area (Å²) in [5.41, 5.74) is -0.808. The van der Waals surface area contributed by atoms with E-state index in [1.165, 1.54) is 6.20 Å². The molecule has 0 aliphatic carbocycles. The molecule has 0 saturated carbocycles. The Labute approximate surface area is 115 Å². The maximum atomic E-state index is 12.5. The van der Waals surface area contributed by atoms with Crippen LogP contribution < -0.4 is 0 Å². The second kappa shape index (κ2) is 5.11.